The molecule has 0 radical (unpaired) electrons. The SMILES string of the molecule is COc1cc(C2C3=CCC4C(=O)N(C(N)=O)C(=O)C4C3CC3C(=O)N(Nc4ncc(C(F)(F)F)cc4Cl)C(=O)C32c2ccc(Cl)cc2)ccc1O. The van der Waals surface area contributed by atoms with Gasteiger partial charge < -0.3 is 15.6 Å². The first-order chi connectivity index (χ1) is 24.1. The molecule has 0 spiro atoms. The minimum absolute atomic E-state index is 0.00706. The molecule has 51 heavy (non-hydrogen) atoms. The number of methoxy groups -OCH3 is 1. The summed E-state index contributed by atoms with van der Waals surface area (Å²) in [6.07, 6.45) is -2.70. The number of aromatic nitrogens is 1. The van der Waals surface area contributed by atoms with E-state index < -0.39 is 87.2 Å². The quantitative estimate of drug-likeness (QED) is 0.235. The highest BCUT2D eigenvalue weighted by atomic mass is 35.5. The number of carbonyl (C=O) groups excluding carboxylic acids is 5. The summed E-state index contributed by atoms with van der Waals surface area (Å²) < 4.78 is 45.6. The Labute approximate surface area is 296 Å². The number of imide groups is 4. The van der Waals surface area contributed by atoms with Gasteiger partial charge >= 0.3 is 12.2 Å². The normalized spacial score (nSPS) is 27.2. The van der Waals surface area contributed by atoms with Gasteiger partial charge in [-0.05, 0) is 60.2 Å². The van der Waals surface area contributed by atoms with Crippen LogP contribution < -0.4 is 15.9 Å². The van der Waals surface area contributed by atoms with Crippen molar-refractivity contribution in [3.05, 3.63) is 93.1 Å². The summed E-state index contributed by atoms with van der Waals surface area (Å²) in [4.78, 5) is 73.1. The molecule has 6 unspecified atom stereocenters. The van der Waals surface area contributed by atoms with Crippen molar-refractivity contribution >= 4 is 58.7 Å². The number of nitrogens with two attached hydrogens (primary N) is 1. The zero-order valence-electron chi connectivity index (χ0n) is 26.3. The largest absolute Gasteiger partial charge is 0.504 e. The van der Waals surface area contributed by atoms with Crippen LogP contribution in [0, 0.1) is 23.7 Å². The predicted octanol–water partition coefficient (Wildman–Crippen LogP) is 5.19. The number of nitrogens with zero attached hydrogens (tertiary/aromatic N) is 3. The Morgan fingerprint density at radius 2 is 1.75 bits per heavy atom. The second kappa shape index (κ2) is 12.0. The van der Waals surface area contributed by atoms with Crippen molar-refractivity contribution in [1.29, 1.82) is 0 Å². The number of rotatable bonds is 5. The zero-order valence-corrected chi connectivity index (χ0v) is 27.8. The number of ether oxygens (including phenoxy) is 1. The molecule has 3 aromatic rings. The van der Waals surface area contributed by atoms with E-state index >= 15 is 4.79 Å². The molecule has 6 amide bonds. The first kappa shape index (κ1) is 34.3. The Kier molecular flexibility index (Phi) is 8.06. The van der Waals surface area contributed by atoms with Crippen molar-refractivity contribution in [1.82, 2.24) is 14.9 Å². The summed E-state index contributed by atoms with van der Waals surface area (Å²) >= 11 is 12.4. The monoisotopic (exact) mass is 743 g/mol. The summed E-state index contributed by atoms with van der Waals surface area (Å²) in [5, 5.41) is 11.0. The van der Waals surface area contributed by atoms with Gasteiger partial charge in [-0.1, -0.05) is 53.1 Å². The van der Waals surface area contributed by atoms with E-state index in [2.05, 4.69) is 10.4 Å². The molecule has 3 fully saturated rings. The van der Waals surface area contributed by atoms with E-state index in [1.54, 1.807) is 18.2 Å². The number of carbonyl (C=O) groups is 5. The van der Waals surface area contributed by atoms with Gasteiger partial charge in [0.05, 0.1) is 40.9 Å². The van der Waals surface area contributed by atoms with Crippen molar-refractivity contribution < 1.29 is 47.0 Å². The summed E-state index contributed by atoms with van der Waals surface area (Å²) in [5.41, 5.74) is 6.23. The smallest absolute Gasteiger partial charge is 0.417 e. The molecule has 2 aliphatic heterocycles. The Morgan fingerprint density at radius 1 is 1.04 bits per heavy atom. The van der Waals surface area contributed by atoms with Crippen molar-refractivity contribution in [2.45, 2.75) is 30.4 Å². The second-order valence-corrected chi connectivity index (χ2v) is 13.5. The van der Waals surface area contributed by atoms with Gasteiger partial charge in [-0.3, -0.25) is 24.6 Å². The number of pyridine rings is 1. The first-order valence-corrected chi connectivity index (χ1v) is 16.2. The number of phenols is 1. The summed E-state index contributed by atoms with van der Waals surface area (Å²) in [6, 6.07) is 9.93. The number of benzene rings is 2. The Bertz CT molecular complexity index is 2080. The van der Waals surface area contributed by atoms with Crippen molar-refractivity contribution in [2.24, 2.45) is 29.4 Å². The van der Waals surface area contributed by atoms with Crippen molar-refractivity contribution in [3.63, 3.8) is 0 Å². The van der Waals surface area contributed by atoms with Crippen LogP contribution in [0.1, 0.15) is 35.4 Å². The van der Waals surface area contributed by atoms with E-state index in [0.717, 1.165) is 0 Å². The van der Waals surface area contributed by atoms with Gasteiger partial charge in [-0.2, -0.15) is 23.1 Å². The molecule has 7 rings (SSSR count). The number of hydrogen-bond donors (Lipinski definition) is 3. The Morgan fingerprint density at radius 3 is 2.37 bits per heavy atom. The predicted molar refractivity (Wildman–Crippen MR) is 173 cm³/mol. The molecule has 1 saturated carbocycles. The zero-order chi connectivity index (χ0) is 36.7. The highest BCUT2D eigenvalue weighted by molar-refractivity contribution is 6.33. The number of fused-ring (bicyclic) bond motifs is 4. The molecule has 4 aliphatic rings. The number of hydrogen-bond acceptors (Lipinski definition) is 9. The Hall–Kier alpha value is -5.15. The van der Waals surface area contributed by atoms with E-state index in [0.29, 0.717) is 43.9 Å². The van der Waals surface area contributed by atoms with Gasteiger partial charge in [-0.25, -0.2) is 9.78 Å². The molecular weight excluding hydrogens is 718 g/mol. The van der Waals surface area contributed by atoms with Crippen molar-refractivity contribution in [2.75, 3.05) is 12.5 Å². The van der Waals surface area contributed by atoms with Gasteiger partial charge in [0.2, 0.25) is 11.8 Å². The number of hydrazine groups is 1. The van der Waals surface area contributed by atoms with Gasteiger partial charge in [0.25, 0.3) is 11.8 Å². The lowest BCUT2D eigenvalue weighted by Gasteiger charge is -2.50. The third kappa shape index (κ3) is 5.04. The second-order valence-electron chi connectivity index (χ2n) is 12.7. The van der Waals surface area contributed by atoms with Crippen LogP contribution in [0.3, 0.4) is 0 Å². The van der Waals surface area contributed by atoms with Gasteiger partial charge in [-0.15, -0.1) is 0 Å². The molecule has 2 saturated heterocycles. The lowest BCUT2D eigenvalue weighted by atomic mass is 9.49. The average Bonchev–Trinajstić information content (AvgIpc) is 3.46. The number of aromatic hydroxyl groups is 1. The lowest BCUT2D eigenvalue weighted by molar-refractivity contribution is -0.140. The van der Waals surface area contributed by atoms with Crippen LogP contribution in [0.25, 0.3) is 0 Å². The first-order valence-electron chi connectivity index (χ1n) is 15.5. The number of alkyl halides is 3. The number of nitrogens with one attached hydrogen (secondary N) is 1. The van der Waals surface area contributed by atoms with Crippen LogP contribution in [0.5, 0.6) is 11.5 Å². The van der Waals surface area contributed by atoms with Gasteiger partial charge in [0.1, 0.15) is 0 Å². The molecule has 264 valence electrons. The number of likely N-dealkylation sites (tertiary alicyclic amines) is 1. The molecular formula is C34H26Cl2F3N5O7. The maximum atomic E-state index is 15.1. The minimum Gasteiger partial charge on any atom is -0.504 e. The molecule has 4 N–H and O–H groups in total. The number of phenolic OH excluding ortho intramolecular Hbond substituents is 1. The maximum Gasteiger partial charge on any atom is 0.417 e. The van der Waals surface area contributed by atoms with Gasteiger partial charge in [0.15, 0.2) is 17.3 Å². The number of halogens is 5. The highest BCUT2D eigenvalue weighted by Crippen LogP contribution is 2.64. The van der Waals surface area contributed by atoms with Crippen LogP contribution in [0.2, 0.25) is 10.0 Å². The fraction of sp³-hybridized carbons (Fsp3) is 0.294. The number of allylic oxidation sites excluding steroid dienone is 2. The number of primary amides is 1. The summed E-state index contributed by atoms with van der Waals surface area (Å²) in [5.74, 6) is -9.13. The third-order valence-corrected chi connectivity index (χ3v) is 10.9. The topological polar surface area (TPSA) is 172 Å². The standard InChI is InChI=1S/C34H26Cl2F3N5O7/c1-51-24-10-14(2-9-23(24)45)26-18-7-8-19-25(30(48)43(28(19)46)32(40)50)20(18)12-21-29(47)44(31(49)33(21,26)15-3-5-17(35)6-4-15)42-27-22(36)11-16(13-41-27)34(37,38)39/h2-7,9-11,13,19-21,25-26,45H,8,12H2,1H3,(H2,40,50)(H,41,42). The van der Waals surface area contributed by atoms with E-state index in [1.807, 2.05) is 0 Å². The Balaban J connectivity index is 1.45. The van der Waals surface area contributed by atoms with E-state index in [-0.39, 0.29) is 24.3 Å². The third-order valence-electron chi connectivity index (χ3n) is 10.3. The molecule has 1 aromatic heterocycles. The van der Waals surface area contributed by atoms with E-state index in [1.165, 1.54) is 37.4 Å². The molecule has 2 aromatic carbocycles. The van der Waals surface area contributed by atoms with Gasteiger partial charge in [0, 0.05) is 17.1 Å². The highest BCUT2D eigenvalue weighted by Gasteiger charge is 2.70. The van der Waals surface area contributed by atoms with Crippen LogP contribution in [0.15, 0.2) is 66.4 Å². The molecule has 2 aliphatic carbocycles. The number of urea groups is 1. The minimum atomic E-state index is -4.77. The molecule has 12 nitrogen and oxygen atoms in total. The fourth-order valence-corrected chi connectivity index (χ4v) is 8.58. The molecule has 0 bridgehead atoms. The molecule has 17 heteroatoms. The number of anilines is 1. The maximum absolute atomic E-state index is 15.1. The van der Waals surface area contributed by atoms with Crippen LogP contribution in [-0.4, -0.2) is 56.8 Å². The lowest BCUT2D eigenvalue weighted by Crippen LogP contribution is -2.53. The average molecular weight is 745 g/mol. The van der Waals surface area contributed by atoms with E-state index in [4.69, 9.17) is 33.7 Å². The molecule has 6 atom stereocenters. The fourth-order valence-electron chi connectivity index (χ4n) is 8.25. The summed E-state index contributed by atoms with van der Waals surface area (Å²) in [6.45, 7) is 0. The molecule has 3 heterocycles. The van der Waals surface area contributed by atoms with Crippen LogP contribution >= 0.6 is 23.2 Å². The summed E-state index contributed by atoms with van der Waals surface area (Å²) in [7, 11) is 1.32. The van der Waals surface area contributed by atoms with Crippen LogP contribution in [-0.2, 0) is 30.8 Å². The van der Waals surface area contributed by atoms with E-state index in [9.17, 15) is 37.5 Å². The number of amides is 6. The van der Waals surface area contributed by atoms with Crippen LogP contribution in [0.4, 0.5) is 23.8 Å². The van der Waals surface area contributed by atoms with Crippen molar-refractivity contribution in [3.8, 4) is 11.5 Å².